The van der Waals surface area contributed by atoms with Gasteiger partial charge in [0.25, 0.3) is 0 Å². The fourth-order valence-electron chi connectivity index (χ4n) is 1.23. The van der Waals surface area contributed by atoms with E-state index in [0.717, 1.165) is 16.8 Å². The highest BCUT2D eigenvalue weighted by molar-refractivity contribution is 5.44. The molecule has 0 aliphatic carbocycles. The summed E-state index contributed by atoms with van der Waals surface area (Å²) in [7, 11) is 3.34. The summed E-state index contributed by atoms with van der Waals surface area (Å²) in [5.41, 5.74) is 8.62. The first-order chi connectivity index (χ1) is 6.27. The minimum Gasteiger partial charge on any atom is -0.399 e. The van der Waals surface area contributed by atoms with Crippen LogP contribution in [0.1, 0.15) is 11.1 Å². The molecule has 13 heavy (non-hydrogen) atoms. The molecule has 0 amide bonds. The van der Waals surface area contributed by atoms with E-state index >= 15 is 0 Å². The van der Waals surface area contributed by atoms with Crippen LogP contribution in [0, 0.1) is 0 Å². The van der Waals surface area contributed by atoms with E-state index in [1.54, 1.807) is 14.2 Å². The van der Waals surface area contributed by atoms with E-state index in [1.165, 1.54) is 0 Å². The van der Waals surface area contributed by atoms with Gasteiger partial charge in [0.1, 0.15) is 0 Å². The maximum atomic E-state index is 5.66. The van der Waals surface area contributed by atoms with Crippen molar-refractivity contribution in [3.63, 3.8) is 0 Å². The van der Waals surface area contributed by atoms with Crippen LogP contribution in [0.4, 0.5) is 5.69 Å². The molecule has 0 spiro atoms. The molecule has 0 fully saturated rings. The molecule has 0 heterocycles. The summed E-state index contributed by atoms with van der Waals surface area (Å²) < 4.78 is 10.1. The fraction of sp³-hybridized carbons (Fsp3) is 0.400. The van der Waals surface area contributed by atoms with E-state index in [9.17, 15) is 0 Å². The van der Waals surface area contributed by atoms with E-state index in [-0.39, 0.29) is 0 Å². The van der Waals surface area contributed by atoms with Gasteiger partial charge in [-0.05, 0) is 23.3 Å². The Morgan fingerprint density at radius 2 is 1.69 bits per heavy atom. The zero-order valence-corrected chi connectivity index (χ0v) is 8.04. The van der Waals surface area contributed by atoms with Crippen LogP contribution in [0.15, 0.2) is 18.2 Å². The fourth-order valence-corrected chi connectivity index (χ4v) is 1.23. The molecule has 0 atom stereocenters. The number of hydrogen-bond acceptors (Lipinski definition) is 3. The average molecular weight is 181 g/mol. The average Bonchev–Trinajstić information content (AvgIpc) is 2.10. The summed E-state index contributed by atoms with van der Waals surface area (Å²) in [4.78, 5) is 0. The van der Waals surface area contributed by atoms with Crippen molar-refractivity contribution >= 4 is 5.69 Å². The van der Waals surface area contributed by atoms with Crippen LogP contribution < -0.4 is 5.73 Å². The predicted octanol–water partition coefficient (Wildman–Crippen LogP) is 1.56. The first kappa shape index (κ1) is 10.0. The highest BCUT2D eigenvalue weighted by Crippen LogP contribution is 2.15. The Bertz CT molecular complexity index is 274. The lowest BCUT2D eigenvalue weighted by molar-refractivity contribution is 0.168. The van der Waals surface area contributed by atoms with Gasteiger partial charge in [-0.2, -0.15) is 0 Å². The van der Waals surface area contributed by atoms with Crippen molar-refractivity contribution in [2.75, 3.05) is 20.0 Å². The largest absolute Gasteiger partial charge is 0.399 e. The second-order valence-electron chi connectivity index (χ2n) is 2.89. The lowest BCUT2D eigenvalue weighted by atomic mass is 10.1. The summed E-state index contributed by atoms with van der Waals surface area (Å²) in [6.45, 7) is 1.17. The van der Waals surface area contributed by atoms with Gasteiger partial charge in [0.2, 0.25) is 0 Å². The summed E-state index contributed by atoms with van der Waals surface area (Å²) in [5, 5.41) is 0. The topological polar surface area (TPSA) is 44.5 Å². The van der Waals surface area contributed by atoms with Gasteiger partial charge in [-0.1, -0.05) is 6.07 Å². The third-order valence-electron chi connectivity index (χ3n) is 1.83. The van der Waals surface area contributed by atoms with Gasteiger partial charge < -0.3 is 15.2 Å². The third-order valence-corrected chi connectivity index (χ3v) is 1.83. The predicted molar refractivity (Wildman–Crippen MR) is 52.3 cm³/mol. The molecule has 0 bridgehead atoms. The molecule has 0 unspecified atom stereocenters. The molecule has 0 saturated heterocycles. The molecule has 1 rings (SSSR count). The van der Waals surface area contributed by atoms with Crippen LogP contribution in [0.5, 0.6) is 0 Å². The minimum absolute atomic E-state index is 0.573. The van der Waals surface area contributed by atoms with Crippen LogP contribution in [-0.4, -0.2) is 14.2 Å². The van der Waals surface area contributed by atoms with Crippen molar-refractivity contribution in [2.24, 2.45) is 0 Å². The molecule has 0 aliphatic heterocycles. The summed E-state index contributed by atoms with van der Waals surface area (Å²) in [6.07, 6.45) is 0. The minimum atomic E-state index is 0.573. The smallest absolute Gasteiger partial charge is 0.0717 e. The van der Waals surface area contributed by atoms with Crippen LogP contribution in [0.25, 0.3) is 0 Å². The van der Waals surface area contributed by atoms with E-state index in [0.29, 0.717) is 13.2 Å². The Hall–Kier alpha value is -1.06. The number of rotatable bonds is 4. The highest BCUT2D eigenvalue weighted by atomic mass is 16.5. The van der Waals surface area contributed by atoms with Gasteiger partial charge in [0.15, 0.2) is 0 Å². The van der Waals surface area contributed by atoms with Crippen LogP contribution in [0.2, 0.25) is 0 Å². The van der Waals surface area contributed by atoms with Crippen LogP contribution in [-0.2, 0) is 22.7 Å². The number of hydrogen-bond donors (Lipinski definition) is 1. The van der Waals surface area contributed by atoms with E-state index in [2.05, 4.69) is 0 Å². The van der Waals surface area contributed by atoms with E-state index in [1.807, 2.05) is 18.2 Å². The molecular formula is C10H15NO2. The Morgan fingerprint density at radius 1 is 1.08 bits per heavy atom. The molecule has 3 nitrogen and oxygen atoms in total. The lowest BCUT2D eigenvalue weighted by Gasteiger charge is -2.08. The first-order valence-electron chi connectivity index (χ1n) is 4.13. The Balaban J connectivity index is 2.89. The summed E-state index contributed by atoms with van der Waals surface area (Å²) >= 11 is 0. The van der Waals surface area contributed by atoms with Crippen molar-refractivity contribution in [1.82, 2.24) is 0 Å². The Kier molecular flexibility index (Phi) is 3.73. The SMILES string of the molecule is COCc1ccc(N)cc1COC. The number of methoxy groups -OCH3 is 2. The second kappa shape index (κ2) is 4.84. The molecule has 2 N–H and O–H groups in total. The molecule has 72 valence electrons. The van der Waals surface area contributed by atoms with Crippen molar-refractivity contribution in [2.45, 2.75) is 13.2 Å². The molecule has 1 aromatic rings. The standard InChI is InChI=1S/C10H15NO2/c1-12-6-8-3-4-10(11)5-9(8)7-13-2/h3-5H,6-7,11H2,1-2H3. The molecule has 0 radical (unpaired) electrons. The van der Waals surface area contributed by atoms with E-state index in [4.69, 9.17) is 15.2 Å². The summed E-state index contributed by atoms with van der Waals surface area (Å²) in [5.74, 6) is 0. The number of nitrogens with two attached hydrogens (primary N) is 1. The molecule has 3 heteroatoms. The van der Waals surface area contributed by atoms with Crippen molar-refractivity contribution in [3.05, 3.63) is 29.3 Å². The maximum absolute atomic E-state index is 5.66. The lowest BCUT2D eigenvalue weighted by Crippen LogP contribution is -1.99. The monoisotopic (exact) mass is 181 g/mol. The quantitative estimate of drug-likeness (QED) is 0.717. The molecule has 0 saturated carbocycles. The molecule has 0 aromatic heterocycles. The third kappa shape index (κ3) is 2.72. The van der Waals surface area contributed by atoms with Gasteiger partial charge in [0.05, 0.1) is 13.2 Å². The first-order valence-corrected chi connectivity index (χ1v) is 4.13. The number of ether oxygens (including phenoxy) is 2. The van der Waals surface area contributed by atoms with E-state index < -0.39 is 0 Å². The van der Waals surface area contributed by atoms with Gasteiger partial charge in [-0.15, -0.1) is 0 Å². The normalized spacial score (nSPS) is 10.3. The maximum Gasteiger partial charge on any atom is 0.0717 e. The highest BCUT2D eigenvalue weighted by Gasteiger charge is 2.01. The Morgan fingerprint density at radius 3 is 2.31 bits per heavy atom. The van der Waals surface area contributed by atoms with Gasteiger partial charge in [0, 0.05) is 19.9 Å². The van der Waals surface area contributed by atoms with Crippen molar-refractivity contribution in [1.29, 1.82) is 0 Å². The van der Waals surface area contributed by atoms with Gasteiger partial charge in [-0.25, -0.2) is 0 Å². The van der Waals surface area contributed by atoms with Gasteiger partial charge >= 0.3 is 0 Å². The van der Waals surface area contributed by atoms with Crippen molar-refractivity contribution in [3.8, 4) is 0 Å². The van der Waals surface area contributed by atoms with Gasteiger partial charge in [-0.3, -0.25) is 0 Å². The molecule has 1 aromatic carbocycles. The molecule has 0 aliphatic rings. The summed E-state index contributed by atoms with van der Waals surface area (Å²) in [6, 6.07) is 5.75. The van der Waals surface area contributed by atoms with Crippen LogP contribution >= 0.6 is 0 Å². The molecular weight excluding hydrogens is 166 g/mol. The van der Waals surface area contributed by atoms with Crippen LogP contribution in [0.3, 0.4) is 0 Å². The second-order valence-corrected chi connectivity index (χ2v) is 2.89. The Labute approximate surface area is 78.5 Å². The zero-order valence-electron chi connectivity index (χ0n) is 8.04. The number of anilines is 1. The number of nitrogen functional groups attached to an aromatic ring is 1. The number of benzene rings is 1. The van der Waals surface area contributed by atoms with Crippen molar-refractivity contribution < 1.29 is 9.47 Å². The zero-order chi connectivity index (χ0) is 9.68.